The third-order valence-electron chi connectivity index (χ3n) is 2.64. The van der Waals surface area contributed by atoms with Crippen LogP contribution in [-0.2, 0) is 6.18 Å². The molecule has 0 fully saturated rings. The van der Waals surface area contributed by atoms with Crippen molar-refractivity contribution in [1.29, 1.82) is 0 Å². The summed E-state index contributed by atoms with van der Waals surface area (Å²) in [4.78, 5) is 19.3. The number of nitrogens with one attached hydrogen (secondary N) is 1. The molecule has 0 bridgehead atoms. The van der Waals surface area contributed by atoms with Crippen LogP contribution in [0.3, 0.4) is 0 Å². The summed E-state index contributed by atoms with van der Waals surface area (Å²) in [6, 6.07) is 3.84. The van der Waals surface area contributed by atoms with E-state index < -0.39 is 22.8 Å². The fourth-order valence-corrected chi connectivity index (χ4v) is 2.35. The molecule has 0 radical (unpaired) electrons. The van der Waals surface area contributed by atoms with Crippen LogP contribution >= 0.6 is 27.5 Å². The minimum absolute atomic E-state index is 0.140. The fraction of sp³-hybridized carbons (Fsp3) is 0.154. The Morgan fingerprint density at radius 1 is 1.39 bits per heavy atom. The van der Waals surface area contributed by atoms with Gasteiger partial charge in [0.2, 0.25) is 5.88 Å². The third-order valence-corrected chi connectivity index (χ3v) is 3.54. The Kier molecular flexibility index (Phi) is 5.10. The predicted molar refractivity (Wildman–Crippen MR) is 80.7 cm³/mol. The zero-order valence-corrected chi connectivity index (χ0v) is 13.8. The highest BCUT2D eigenvalue weighted by Gasteiger charge is 2.36. The quantitative estimate of drug-likeness (QED) is 0.772. The van der Waals surface area contributed by atoms with Crippen LogP contribution in [0.4, 0.5) is 18.9 Å². The summed E-state index contributed by atoms with van der Waals surface area (Å²) in [6.07, 6.45) is -3.31. The standard InChI is InChI=1S/C13H8BrClF3N3O2/c1-23-9-4-6(2-3-19-9)20-12(22)7-5-8(15)10(13(16,17)18)21-11(7)14/h2-5H,1H3,(H,19,20,22). The topological polar surface area (TPSA) is 64.1 Å². The van der Waals surface area contributed by atoms with Gasteiger partial charge in [0.15, 0.2) is 5.69 Å². The van der Waals surface area contributed by atoms with E-state index in [0.29, 0.717) is 5.69 Å². The van der Waals surface area contributed by atoms with Crippen LogP contribution in [0.2, 0.25) is 5.02 Å². The van der Waals surface area contributed by atoms with Crippen molar-refractivity contribution in [3.05, 3.63) is 45.3 Å². The van der Waals surface area contributed by atoms with Gasteiger partial charge in [-0.05, 0) is 28.1 Å². The van der Waals surface area contributed by atoms with E-state index in [1.165, 1.54) is 25.4 Å². The number of methoxy groups -OCH3 is 1. The van der Waals surface area contributed by atoms with Crippen LogP contribution in [0.5, 0.6) is 5.88 Å². The van der Waals surface area contributed by atoms with Gasteiger partial charge < -0.3 is 10.1 Å². The number of nitrogens with zero attached hydrogens (tertiary/aromatic N) is 2. The van der Waals surface area contributed by atoms with E-state index >= 15 is 0 Å². The first-order valence-corrected chi connectivity index (χ1v) is 7.14. The van der Waals surface area contributed by atoms with Gasteiger partial charge in [0.05, 0.1) is 17.7 Å². The number of anilines is 1. The first kappa shape index (κ1) is 17.5. The molecule has 2 aromatic heterocycles. The van der Waals surface area contributed by atoms with Crippen LogP contribution in [0.15, 0.2) is 29.0 Å². The average molecular weight is 411 g/mol. The van der Waals surface area contributed by atoms with E-state index in [-0.39, 0.29) is 16.0 Å². The van der Waals surface area contributed by atoms with Gasteiger partial charge in [0.25, 0.3) is 5.91 Å². The van der Waals surface area contributed by atoms with Crippen LogP contribution in [-0.4, -0.2) is 23.0 Å². The Hall–Kier alpha value is -1.87. The molecule has 0 aliphatic carbocycles. The molecule has 0 aliphatic heterocycles. The van der Waals surface area contributed by atoms with Crippen LogP contribution in [0.1, 0.15) is 16.1 Å². The van der Waals surface area contributed by atoms with Crippen molar-refractivity contribution in [3.8, 4) is 5.88 Å². The Balaban J connectivity index is 2.31. The zero-order valence-electron chi connectivity index (χ0n) is 11.4. The molecule has 122 valence electrons. The third kappa shape index (κ3) is 4.11. The van der Waals surface area contributed by atoms with Gasteiger partial charge >= 0.3 is 6.18 Å². The van der Waals surface area contributed by atoms with E-state index in [1.54, 1.807) is 0 Å². The number of aromatic nitrogens is 2. The molecule has 0 saturated carbocycles. The highest BCUT2D eigenvalue weighted by molar-refractivity contribution is 9.10. The van der Waals surface area contributed by atoms with E-state index in [0.717, 1.165) is 6.07 Å². The summed E-state index contributed by atoms with van der Waals surface area (Å²) in [6.45, 7) is 0. The number of hydrogen-bond acceptors (Lipinski definition) is 4. The predicted octanol–water partition coefficient (Wildman–Crippen LogP) is 4.17. The molecule has 0 unspecified atom stereocenters. The second-order valence-electron chi connectivity index (χ2n) is 4.20. The highest BCUT2D eigenvalue weighted by Crippen LogP contribution is 2.35. The summed E-state index contributed by atoms with van der Waals surface area (Å²) in [5.74, 6) is -0.418. The number of ether oxygens (including phenoxy) is 1. The highest BCUT2D eigenvalue weighted by atomic mass is 79.9. The van der Waals surface area contributed by atoms with Gasteiger partial charge in [-0.25, -0.2) is 9.97 Å². The molecule has 10 heteroatoms. The van der Waals surface area contributed by atoms with Gasteiger partial charge in [-0.3, -0.25) is 4.79 Å². The molecule has 0 saturated heterocycles. The van der Waals surface area contributed by atoms with Crippen molar-refractivity contribution in [1.82, 2.24) is 9.97 Å². The Morgan fingerprint density at radius 3 is 2.70 bits per heavy atom. The maximum Gasteiger partial charge on any atom is 0.434 e. The minimum Gasteiger partial charge on any atom is -0.481 e. The molecule has 1 amide bonds. The first-order valence-electron chi connectivity index (χ1n) is 5.97. The number of hydrogen-bond donors (Lipinski definition) is 1. The molecule has 5 nitrogen and oxygen atoms in total. The Morgan fingerprint density at radius 2 is 2.09 bits per heavy atom. The van der Waals surface area contributed by atoms with Crippen LogP contribution < -0.4 is 10.1 Å². The monoisotopic (exact) mass is 409 g/mol. The van der Waals surface area contributed by atoms with Crippen molar-refractivity contribution in [2.75, 3.05) is 12.4 Å². The lowest BCUT2D eigenvalue weighted by Gasteiger charge is -2.12. The number of pyridine rings is 2. The van der Waals surface area contributed by atoms with Gasteiger partial charge in [-0.1, -0.05) is 11.6 Å². The number of rotatable bonds is 3. The molecule has 0 atom stereocenters. The van der Waals surface area contributed by atoms with Crippen molar-refractivity contribution >= 4 is 39.1 Å². The summed E-state index contributed by atoms with van der Waals surface area (Å²) in [5.41, 5.74) is -1.06. The van der Waals surface area contributed by atoms with Gasteiger partial charge in [0, 0.05) is 18.0 Å². The largest absolute Gasteiger partial charge is 0.481 e. The minimum atomic E-state index is -4.72. The summed E-state index contributed by atoms with van der Waals surface area (Å²) in [5, 5.41) is 1.82. The van der Waals surface area contributed by atoms with E-state index in [9.17, 15) is 18.0 Å². The number of carbonyl (C=O) groups excluding carboxylic acids is 1. The maximum absolute atomic E-state index is 12.7. The zero-order chi connectivity index (χ0) is 17.2. The number of halogens is 5. The number of amides is 1. The first-order chi connectivity index (χ1) is 10.7. The fourth-order valence-electron chi connectivity index (χ4n) is 1.62. The van der Waals surface area contributed by atoms with Crippen LogP contribution in [0, 0.1) is 0 Å². The molecular weight excluding hydrogens is 403 g/mol. The molecule has 0 aromatic carbocycles. The number of carbonyl (C=O) groups is 1. The second kappa shape index (κ2) is 6.71. The maximum atomic E-state index is 12.7. The van der Waals surface area contributed by atoms with Gasteiger partial charge in [-0.15, -0.1) is 0 Å². The van der Waals surface area contributed by atoms with E-state index in [1.807, 2.05) is 0 Å². The molecule has 1 N–H and O–H groups in total. The van der Waals surface area contributed by atoms with Crippen molar-refractivity contribution in [2.24, 2.45) is 0 Å². The average Bonchev–Trinajstić information content (AvgIpc) is 2.48. The smallest absolute Gasteiger partial charge is 0.434 e. The molecule has 2 heterocycles. The normalized spacial score (nSPS) is 11.2. The molecule has 2 aromatic rings. The summed E-state index contributed by atoms with van der Waals surface area (Å²) < 4.78 is 42.7. The SMILES string of the molecule is COc1cc(NC(=O)c2cc(Cl)c(C(F)(F)F)nc2Br)ccn1. The Labute approximate surface area is 142 Å². The lowest BCUT2D eigenvalue weighted by atomic mass is 10.2. The summed E-state index contributed by atoms with van der Waals surface area (Å²) >= 11 is 8.42. The lowest BCUT2D eigenvalue weighted by molar-refractivity contribution is -0.141. The molecule has 2 rings (SSSR count). The molecule has 0 spiro atoms. The van der Waals surface area contributed by atoms with Crippen molar-refractivity contribution < 1.29 is 22.7 Å². The molecular formula is C13H8BrClF3N3O2. The number of alkyl halides is 3. The lowest BCUT2D eigenvalue weighted by Crippen LogP contribution is -2.16. The molecule has 0 aliphatic rings. The van der Waals surface area contributed by atoms with Crippen molar-refractivity contribution in [3.63, 3.8) is 0 Å². The Bertz CT molecular complexity index is 756. The van der Waals surface area contributed by atoms with Crippen LogP contribution in [0.25, 0.3) is 0 Å². The second-order valence-corrected chi connectivity index (χ2v) is 5.35. The van der Waals surface area contributed by atoms with Crippen molar-refractivity contribution in [2.45, 2.75) is 6.18 Å². The van der Waals surface area contributed by atoms with E-state index in [2.05, 4.69) is 31.2 Å². The van der Waals surface area contributed by atoms with Gasteiger partial charge in [0.1, 0.15) is 4.60 Å². The van der Waals surface area contributed by atoms with E-state index in [4.69, 9.17) is 16.3 Å². The molecule has 23 heavy (non-hydrogen) atoms. The van der Waals surface area contributed by atoms with Gasteiger partial charge in [-0.2, -0.15) is 13.2 Å². The summed E-state index contributed by atoms with van der Waals surface area (Å²) in [7, 11) is 1.41.